The molecule has 106 valence electrons. The van der Waals surface area contributed by atoms with E-state index in [9.17, 15) is 22.7 Å². The van der Waals surface area contributed by atoms with Crippen molar-refractivity contribution in [3.63, 3.8) is 0 Å². The fraction of sp³-hybridized carbons (Fsp3) is 0.200. The summed E-state index contributed by atoms with van der Waals surface area (Å²) in [6.45, 7) is 1.39. The van der Waals surface area contributed by atoms with Crippen LogP contribution in [0.15, 0.2) is 36.4 Å². The molecule has 0 aliphatic rings. The van der Waals surface area contributed by atoms with E-state index in [4.69, 9.17) is 0 Å². The molecule has 0 amide bonds. The molecule has 1 atom stereocenters. The number of benzene rings is 2. The lowest BCUT2D eigenvalue weighted by molar-refractivity contribution is 0.150. The van der Waals surface area contributed by atoms with Crippen LogP contribution in [0.25, 0.3) is 0 Å². The molecule has 0 saturated carbocycles. The maximum absolute atomic E-state index is 13.8. The van der Waals surface area contributed by atoms with Gasteiger partial charge in [-0.05, 0) is 24.1 Å². The molecule has 2 aromatic carbocycles. The van der Waals surface area contributed by atoms with Crippen molar-refractivity contribution in [2.24, 2.45) is 0 Å². The minimum Gasteiger partial charge on any atom is -0.384 e. The third-order valence-corrected chi connectivity index (χ3v) is 3.08. The van der Waals surface area contributed by atoms with Crippen LogP contribution in [0.2, 0.25) is 0 Å². The van der Waals surface area contributed by atoms with Crippen LogP contribution < -0.4 is 0 Å². The van der Waals surface area contributed by atoms with Gasteiger partial charge in [0.05, 0.1) is 0 Å². The molecule has 2 aromatic rings. The van der Waals surface area contributed by atoms with E-state index in [1.54, 1.807) is 0 Å². The van der Waals surface area contributed by atoms with Gasteiger partial charge in [0, 0.05) is 11.1 Å². The first-order valence-corrected chi connectivity index (χ1v) is 5.92. The van der Waals surface area contributed by atoms with Gasteiger partial charge in [0.1, 0.15) is 6.10 Å². The van der Waals surface area contributed by atoms with Gasteiger partial charge in [-0.3, -0.25) is 0 Å². The van der Waals surface area contributed by atoms with E-state index in [1.807, 2.05) is 0 Å². The molecule has 0 heterocycles. The third-order valence-electron chi connectivity index (χ3n) is 3.08. The molecule has 0 bridgehead atoms. The number of halogens is 4. The van der Waals surface area contributed by atoms with E-state index in [0.717, 1.165) is 6.07 Å². The Morgan fingerprint density at radius 3 is 2.25 bits per heavy atom. The predicted molar refractivity (Wildman–Crippen MR) is 66.6 cm³/mol. The molecule has 0 saturated heterocycles. The van der Waals surface area contributed by atoms with Crippen LogP contribution in [0.3, 0.4) is 0 Å². The Morgan fingerprint density at radius 1 is 0.950 bits per heavy atom. The van der Waals surface area contributed by atoms with Gasteiger partial charge in [0.15, 0.2) is 11.6 Å². The Bertz CT molecular complexity index is 625. The molecule has 5 heteroatoms. The Kier molecular flexibility index (Phi) is 4.09. The molecule has 0 radical (unpaired) electrons. The molecule has 0 spiro atoms. The van der Waals surface area contributed by atoms with Crippen molar-refractivity contribution in [1.29, 1.82) is 0 Å². The fourth-order valence-electron chi connectivity index (χ4n) is 1.92. The second-order valence-electron chi connectivity index (χ2n) is 4.47. The minimum atomic E-state index is -2.69. The summed E-state index contributed by atoms with van der Waals surface area (Å²) >= 11 is 0. The van der Waals surface area contributed by atoms with Gasteiger partial charge in [-0.25, -0.2) is 17.6 Å². The first-order chi connectivity index (χ1) is 9.41. The Morgan fingerprint density at radius 2 is 1.60 bits per heavy atom. The highest BCUT2D eigenvalue weighted by atomic mass is 19.3. The van der Waals surface area contributed by atoms with Gasteiger partial charge in [-0.2, -0.15) is 0 Å². The number of rotatable bonds is 3. The Balaban J connectivity index is 2.44. The zero-order chi connectivity index (χ0) is 14.9. The number of aliphatic hydroxyl groups is 1. The van der Waals surface area contributed by atoms with Crippen molar-refractivity contribution < 1.29 is 22.7 Å². The maximum Gasteiger partial charge on any atom is 0.263 e. The smallest absolute Gasteiger partial charge is 0.263 e. The van der Waals surface area contributed by atoms with Gasteiger partial charge in [-0.15, -0.1) is 0 Å². The van der Waals surface area contributed by atoms with Crippen LogP contribution in [0, 0.1) is 18.6 Å². The molecular weight excluding hydrogens is 272 g/mol. The van der Waals surface area contributed by atoms with Gasteiger partial charge in [-0.1, -0.05) is 30.3 Å². The monoisotopic (exact) mass is 284 g/mol. The number of alkyl halides is 2. The highest BCUT2D eigenvalue weighted by Crippen LogP contribution is 2.29. The summed E-state index contributed by atoms with van der Waals surface area (Å²) in [5.41, 5.74) is -0.362. The average molecular weight is 284 g/mol. The lowest BCUT2D eigenvalue weighted by Crippen LogP contribution is -2.06. The van der Waals surface area contributed by atoms with E-state index in [2.05, 4.69) is 0 Å². The molecule has 1 nitrogen and oxygen atoms in total. The molecule has 0 aliphatic carbocycles. The van der Waals surface area contributed by atoms with Crippen molar-refractivity contribution >= 4 is 0 Å². The van der Waals surface area contributed by atoms with Crippen LogP contribution >= 0.6 is 0 Å². The lowest BCUT2D eigenvalue weighted by Gasteiger charge is -2.14. The summed E-state index contributed by atoms with van der Waals surface area (Å²) in [6.07, 6.45) is -4.19. The van der Waals surface area contributed by atoms with Crippen molar-refractivity contribution in [2.75, 3.05) is 0 Å². The first-order valence-electron chi connectivity index (χ1n) is 5.92. The molecule has 1 unspecified atom stereocenters. The van der Waals surface area contributed by atoms with E-state index in [0.29, 0.717) is 0 Å². The third kappa shape index (κ3) is 2.67. The molecule has 2 rings (SSSR count). The minimum absolute atomic E-state index is 0.0879. The number of aliphatic hydroxyl groups excluding tert-OH is 1. The van der Waals surface area contributed by atoms with Crippen molar-refractivity contribution in [2.45, 2.75) is 19.5 Å². The van der Waals surface area contributed by atoms with E-state index in [-0.39, 0.29) is 22.3 Å². The zero-order valence-corrected chi connectivity index (χ0v) is 10.6. The second-order valence-corrected chi connectivity index (χ2v) is 4.47. The van der Waals surface area contributed by atoms with Gasteiger partial charge in [0.25, 0.3) is 6.43 Å². The molecule has 20 heavy (non-hydrogen) atoms. The van der Waals surface area contributed by atoms with Gasteiger partial charge >= 0.3 is 0 Å². The summed E-state index contributed by atoms with van der Waals surface area (Å²) < 4.78 is 52.4. The summed E-state index contributed by atoms with van der Waals surface area (Å²) in [5, 5.41) is 10.0. The van der Waals surface area contributed by atoms with E-state index < -0.39 is 24.2 Å². The average Bonchev–Trinajstić information content (AvgIpc) is 2.44. The Labute approximate surface area is 113 Å². The van der Waals surface area contributed by atoms with Crippen LogP contribution in [0.1, 0.15) is 34.8 Å². The van der Waals surface area contributed by atoms with Crippen molar-refractivity contribution in [3.8, 4) is 0 Å². The lowest BCUT2D eigenvalue weighted by atomic mass is 9.98. The number of hydrogen-bond donors (Lipinski definition) is 1. The first kappa shape index (κ1) is 14.5. The topological polar surface area (TPSA) is 20.2 Å². The maximum atomic E-state index is 13.8. The summed E-state index contributed by atoms with van der Waals surface area (Å²) in [7, 11) is 0. The van der Waals surface area contributed by atoms with Gasteiger partial charge < -0.3 is 5.11 Å². The standard InChI is InChI=1S/C15H12F4O/c1-8-5-6-11(13(17)12(8)16)14(20)9-3-2-4-10(7-9)15(18)19/h2-7,14-15,20H,1H3. The van der Waals surface area contributed by atoms with Gasteiger partial charge in [0.2, 0.25) is 0 Å². The largest absolute Gasteiger partial charge is 0.384 e. The molecule has 0 aliphatic heterocycles. The summed E-state index contributed by atoms with van der Waals surface area (Å²) in [4.78, 5) is 0. The molecule has 0 aromatic heterocycles. The zero-order valence-electron chi connectivity index (χ0n) is 10.6. The second kappa shape index (κ2) is 5.63. The van der Waals surface area contributed by atoms with Crippen molar-refractivity contribution in [3.05, 3.63) is 70.3 Å². The van der Waals surface area contributed by atoms with E-state index >= 15 is 0 Å². The molecular formula is C15H12F4O. The predicted octanol–water partition coefficient (Wildman–Crippen LogP) is 4.29. The SMILES string of the molecule is Cc1ccc(C(O)c2cccc(C(F)F)c2)c(F)c1F. The highest BCUT2D eigenvalue weighted by Gasteiger charge is 2.20. The normalized spacial score (nSPS) is 12.8. The summed E-state index contributed by atoms with van der Waals surface area (Å²) in [6, 6.07) is 7.57. The van der Waals surface area contributed by atoms with E-state index in [1.165, 1.54) is 37.3 Å². The number of hydrogen-bond acceptors (Lipinski definition) is 1. The fourth-order valence-corrected chi connectivity index (χ4v) is 1.92. The van der Waals surface area contributed by atoms with Crippen molar-refractivity contribution in [1.82, 2.24) is 0 Å². The Hall–Kier alpha value is -1.88. The van der Waals surface area contributed by atoms with Crippen LogP contribution in [0.4, 0.5) is 17.6 Å². The number of aryl methyl sites for hydroxylation is 1. The van der Waals surface area contributed by atoms with Crippen LogP contribution in [-0.4, -0.2) is 5.11 Å². The highest BCUT2D eigenvalue weighted by molar-refractivity contribution is 5.35. The summed E-state index contributed by atoms with van der Waals surface area (Å²) in [5.74, 6) is -2.22. The van der Waals surface area contributed by atoms with Crippen LogP contribution in [-0.2, 0) is 0 Å². The quantitative estimate of drug-likeness (QED) is 0.833. The molecule has 1 N–H and O–H groups in total. The van der Waals surface area contributed by atoms with Crippen LogP contribution in [0.5, 0.6) is 0 Å². The molecule has 0 fully saturated rings.